The van der Waals surface area contributed by atoms with Crippen LogP contribution in [0.4, 0.5) is 10.5 Å². The molecule has 1 aliphatic carbocycles. The second-order valence-corrected chi connectivity index (χ2v) is 10.0. The summed E-state index contributed by atoms with van der Waals surface area (Å²) in [5.41, 5.74) is 4.04. The van der Waals surface area contributed by atoms with Crippen LogP contribution in [-0.2, 0) is 6.54 Å². The van der Waals surface area contributed by atoms with Crippen LogP contribution >= 0.6 is 0 Å². The number of aliphatic hydroxyl groups is 1. The average molecular weight is 513 g/mol. The van der Waals surface area contributed by atoms with Crippen molar-refractivity contribution in [3.05, 3.63) is 66.7 Å². The summed E-state index contributed by atoms with van der Waals surface area (Å²) >= 11 is 0. The number of amides is 2. The van der Waals surface area contributed by atoms with Gasteiger partial charge < -0.3 is 29.6 Å². The summed E-state index contributed by atoms with van der Waals surface area (Å²) in [4.78, 5) is 16.1. The number of hydrogen-bond donors (Lipinski definition) is 3. The van der Waals surface area contributed by atoms with Crippen molar-refractivity contribution in [3.8, 4) is 23.1 Å². The van der Waals surface area contributed by atoms with Gasteiger partial charge in [-0.1, -0.05) is 12.1 Å². The van der Waals surface area contributed by atoms with Gasteiger partial charge >= 0.3 is 6.03 Å². The molecule has 9 nitrogen and oxygen atoms in total. The van der Waals surface area contributed by atoms with Crippen molar-refractivity contribution in [2.24, 2.45) is 0 Å². The van der Waals surface area contributed by atoms with Gasteiger partial charge in [0, 0.05) is 41.6 Å². The number of nitrogens with zero attached hydrogens (tertiary/aromatic N) is 4. The average Bonchev–Trinajstić information content (AvgIpc) is 3.47. The first kappa shape index (κ1) is 25.4. The molecule has 5 rings (SSSR count). The monoisotopic (exact) mass is 512 g/mol. The molecule has 2 aromatic heterocycles. The number of anilines is 1. The third-order valence-corrected chi connectivity index (χ3v) is 6.79. The number of urea groups is 1. The molecule has 2 aromatic carbocycles. The Morgan fingerprint density at radius 3 is 2.66 bits per heavy atom. The largest absolute Gasteiger partial charge is 0.491 e. The van der Waals surface area contributed by atoms with Crippen molar-refractivity contribution in [2.75, 3.05) is 11.9 Å². The third-order valence-electron chi connectivity index (χ3n) is 6.79. The second kappa shape index (κ2) is 11.0. The molecule has 4 aromatic rings. The van der Waals surface area contributed by atoms with Gasteiger partial charge in [-0.25, -0.2) is 9.78 Å². The molecule has 0 radical (unpaired) electrons. The Labute approximate surface area is 221 Å². The number of fused-ring (bicyclic) bond motifs is 1. The van der Waals surface area contributed by atoms with Gasteiger partial charge in [0.15, 0.2) is 0 Å². The van der Waals surface area contributed by atoms with Crippen LogP contribution in [0.25, 0.3) is 22.2 Å². The Balaban J connectivity index is 1.44. The minimum Gasteiger partial charge on any atom is -0.491 e. The summed E-state index contributed by atoms with van der Waals surface area (Å²) in [7, 11) is 0. The number of carbonyl (C=O) groups excluding carboxylic acids is 1. The van der Waals surface area contributed by atoms with Gasteiger partial charge in [0.1, 0.15) is 24.5 Å². The Bertz CT molecular complexity index is 1450. The standard InChI is InChI=1S/C29H32N6O3/c1-19(2)32-29(37)33-21-8-6-20(7-9-21)28-26(15-30)25-11-10-24(14-27(25)35(28)22-4-3-5-22)38-17-23(36)16-34-13-12-31-18-34/h6-14,18-19,22-23,36H,3-5,16-17H2,1-2H3,(H2,32,33,37). The fourth-order valence-electron chi connectivity index (χ4n) is 4.83. The molecule has 0 spiro atoms. The highest BCUT2D eigenvalue weighted by molar-refractivity contribution is 5.96. The maximum Gasteiger partial charge on any atom is 0.319 e. The lowest BCUT2D eigenvalue weighted by atomic mass is 9.92. The molecule has 1 saturated carbocycles. The minimum absolute atomic E-state index is 0.0412. The Morgan fingerprint density at radius 1 is 1.24 bits per heavy atom. The minimum atomic E-state index is -0.682. The van der Waals surface area contributed by atoms with E-state index in [1.165, 1.54) is 0 Å². The number of imidazole rings is 1. The lowest BCUT2D eigenvalue weighted by Crippen LogP contribution is -2.34. The zero-order chi connectivity index (χ0) is 26.6. The molecule has 3 N–H and O–H groups in total. The highest BCUT2D eigenvalue weighted by Crippen LogP contribution is 2.43. The Hall–Kier alpha value is -4.29. The Kier molecular flexibility index (Phi) is 7.33. The summed E-state index contributed by atoms with van der Waals surface area (Å²) < 4.78 is 10.0. The van der Waals surface area contributed by atoms with Gasteiger partial charge in [0.05, 0.1) is 29.6 Å². The number of aliphatic hydroxyl groups excluding tert-OH is 1. The van der Waals surface area contributed by atoms with Gasteiger partial charge in [-0.05, 0) is 62.9 Å². The summed E-state index contributed by atoms with van der Waals surface area (Å²) in [5, 5.41) is 27.1. The van der Waals surface area contributed by atoms with Crippen LogP contribution in [0.5, 0.6) is 5.75 Å². The molecular weight excluding hydrogens is 480 g/mol. The van der Waals surface area contributed by atoms with E-state index in [-0.39, 0.29) is 18.7 Å². The molecule has 1 aliphatic rings. The SMILES string of the molecule is CC(C)NC(=O)Nc1ccc(-c2c(C#N)c3ccc(OCC(O)Cn4ccnc4)cc3n2C2CCC2)cc1. The number of nitriles is 1. The zero-order valence-electron chi connectivity index (χ0n) is 21.6. The Morgan fingerprint density at radius 2 is 2.03 bits per heavy atom. The number of rotatable bonds is 9. The molecule has 1 atom stereocenters. The van der Waals surface area contributed by atoms with Crippen LogP contribution in [0, 0.1) is 11.3 Å². The number of carbonyl (C=O) groups is 1. The van der Waals surface area contributed by atoms with E-state index in [9.17, 15) is 15.2 Å². The van der Waals surface area contributed by atoms with E-state index in [0.717, 1.165) is 41.4 Å². The maximum absolute atomic E-state index is 12.1. The molecule has 0 aliphatic heterocycles. The summed E-state index contributed by atoms with van der Waals surface area (Å²) in [5.74, 6) is 0.645. The molecule has 1 unspecified atom stereocenters. The van der Waals surface area contributed by atoms with Crippen LogP contribution in [-0.4, -0.2) is 44.0 Å². The van der Waals surface area contributed by atoms with Crippen LogP contribution in [0.2, 0.25) is 0 Å². The predicted molar refractivity (Wildman–Crippen MR) is 146 cm³/mol. The van der Waals surface area contributed by atoms with Crippen molar-refractivity contribution in [1.29, 1.82) is 5.26 Å². The number of hydrogen-bond acceptors (Lipinski definition) is 5. The van der Waals surface area contributed by atoms with Crippen LogP contribution in [0.1, 0.15) is 44.7 Å². The van der Waals surface area contributed by atoms with Crippen molar-refractivity contribution in [2.45, 2.75) is 57.8 Å². The fraction of sp³-hybridized carbons (Fsp3) is 0.345. The van der Waals surface area contributed by atoms with E-state index in [2.05, 4.69) is 26.3 Å². The first-order valence-electron chi connectivity index (χ1n) is 13.0. The first-order valence-corrected chi connectivity index (χ1v) is 13.0. The van der Waals surface area contributed by atoms with E-state index in [0.29, 0.717) is 29.6 Å². The first-order chi connectivity index (χ1) is 18.4. The second-order valence-electron chi connectivity index (χ2n) is 10.0. The van der Waals surface area contributed by atoms with Gasteiger partial charge in [-0.2, -0.15) is 5.26 Å². The molecule has 1 fully saturated rings. The zero-order valence-corrected chi connectivity index (χ0v) is 21.6. The van der Waals surface area contributed by atoms with Gasteiger partial charge in [0.25, 0.3) is 0 Å². The van der Waals surface area contributed by atoms with E-state index in [1.54, 1.807) is 18.7 Å². The lowest BCUT2D eigenvalue weighted by molar-refractivity contribution is 0.0925. The molecule has 196 valence electrons. The highest BCUT2D eigenvalue weighted by atomic mass is 16.5. The van der Waals surface area contributed by atoms with Crippen molar-refractivity contribution in [3.63, 3.8) is 0 Å². The van der Waals surface area contributed by atoms with E-state index < -0.39 is 6.10 Å². The van der Waals surface area contributed by atoms with E-state index >= 15 is 0 Å². The van der Waals surface area contributed by atoms with E-state index in [4.69, 9.17) is 4.74 Å². The summed E-state index contributed by atoms with van der Waals surface area (Å²) in [6, 6.07) is 15.9. The predicted octanol–water partition coefficient (Wildman–Crippen LogP) is 5.07. The van der Waals surface area contributed by atoms with Gasteiger partial charge in [0.2, 0.25) is 0 Å². The number of nitrogens with one attached hydrogen (secondary N) is 2. The smallest absolute Gasteiger partial charge is 0.319 e. The van der Waals surface area contributed by atoms with Gasteiger partial charge in [-0.15, -0.1) is 0 Å². The quantitative estimate of drug-likeness (QED) is 0.289. The lowest BCUT2D eigenvalue weighted by Gasteiger charge is -2.30. The molecule has 2 amide bonds. The fourth-order valence-corrected chi connectivity index (χ4v) is 4.83. The van der Waals surface area contributed by atoms with Crippen LogP contribution in [0.15, 0.2) is 61.2 Å². The maximum atomic E-state index is 12.1. The molecule has 38 heavy (non-hydrogen) atoms. The number of ether oxygens (including phenoxy) is 1. The topological polar surface area (TPSA) is 117 Å². The summed E-state index contributed by atoms with van der Waals surface area (Å²) in [6.07, 6.45) is 7.70. The van der Waals surface area contributed by atoms with Crippen LogP contribution < -0.4 is 15.4 Å². The molecule has 0 bridgehead atoms. The van der Waals surface area contributed by atoms with Crippen molar-refractivity contribution >= 4 is 22.6 Å². The van der Waals surface area contributed by atoms with Crippen molar-refractivity contribution in [1.82, 2.24) is 19.4 Å². The highest BCUT2D eigenvalue weighted by Gasteiger charge is 2.28. The molecule has 9 heteroatoms. The number of aromatic nitrogens is 3. The molecular formula is C29H32N6O3. The normalized spacial score (nSPS) is 14.2. The summed E-state index contributed by atoms with van der Waals surface area (Å²) in [6.45, 7) is 4.36. The van der Waals surface area contributed by atoms with E-state index in [1.807, 2.05) is 60.9 Å². The molecule has 0 saturated heterocycles. The molecule has 2 heterocycles. The van der Waals surface area contributed by atoms with Crippen LogP contribution in [0.3, 0.4) is 0 Å². The van der Waals surface area contributed by atoms with Gasteiger partial charge in [-0.3, -0.25) is 0 Å². The van der Waals surface area contributed by atoms with Crippen molar-refractivity contribution < 1.29 is 14.6 Å². The third kappa shape index (κ3) is 5.36. The number of benzene rings is 2.